The van der Waals surface area contributed by atoms with Crippen LogP contribution in [-0.4, -0.2) is 23.0 Å². The second kappa shape index (κ2) is 5.63. The molecule has 0 bridgehead atoms. The van der Waals surface area contributed by atoms with Crippen molar-refractivity contribution < 1.29 is 9.53 Å². The summed E-state index contributed by atoms with van der Waals surface area (Å²) >= 11 is 0. The summed E-state index contributed by atoms with van der Waals surface area (Å²) < 4.78 is 4.67. The van der Waals surface area contributed by atoms with E-state index in [1.807, 2.05) is 42.5 Å². The maximum absolute atomic E-state index is 11.5. The van der Waals surface area contributed by atoms with Crippen LogP contribution in [0.4, 0.5) is 0 Å². The van der Waals surface area contributed by atoms with Gasteiger partial charge < -0.3 is 9.72 Å². The summed E-state index contributed by atoms with van der Waals surface area (Å²) in [4.78, 5) is 18.7. The fraction of sp³-hybridized carbons (Fsp3) is 0.0588. The van der Waals surface area contributed by atoms with Gasteiger partial charge in [-0.05, 0) is 17.2 Å². The van der Waals surface area contributed by atoms with E-state index in [1.54, 1.807) is 0 Å². The summed E-state index contributed by atoms with van der Waals surface area (Å²) in [6.07, 6.45) is 1.48. The highest BCUT2D eigenvalue weighted by Gasteiger charge is 2.11. The van der Waals surface area contributed by atoms with Crippen LogP contribution in [0.5, 0.6) is 0 Å². The summed E-state index contributed by atoms with van der Waals surface area (Å²) in [5.41, 5.74) is 3.51. The Morgan fingerprint density at radius 2 is 1.71 bits per heavy atom. The van der Waals surface area contributed by atoms with Crippen molar-refractivity contribution >= 4 is 5.97 Å². The molecule has 4 nitrogen and oxygen atoms in total. The van der Waals surface area contributed by atoms with Crippen LogP contribution in [0.15, 0.2) is 60.8 Å². The molecular formula is C17H14N2O2. The van der Waals surface area contributed by atoms with Gasteiger partial charge in [0.1, 0.15) is 11.5 Å². The molecule has 0 spiro atoms. The molecule has 0 radical (unpaired) electrons. The van der Waals surface area contributed by atoms with Crippen molar-refractivity contribution in [1.82, 2.24) is 9.97 Å². The lowest BCUT2D eigenvalue weighted by Gasteiger charge is -2.03. The Balaban J connectivity index is 1.97. The molecule has 0 unspecified atom stereocenters. The van der Waals surface area contributed by atoms with Crippen molar-refractivity contribution in [3.05, 3.63) is 66.5 Å². The van der Waals surface area contributed by atoms with Crippen LogP contribution in [-0.2, 0) is 4.74 Å². The molecule has 1 N–H and O–H groups in total. The lowest BCUT2D eigenvalue weighted by atomic mass is 10.0. The van der Waals surface area contributed by atoms with E-state index in [0.717, 1.165) is 16.7 Å². The monoisotopic (exact) mass is 278 g/mol. The lowest BCUT2D eigenvalue weighted by Crippen LogP contribution is -2.00. The molecule has 0 aliphatic rings. The molecule has 0 saturated carbocycles. The number of ether oxygens (including phenoxy) is 1. The van der Waals surface area contributed by atoms with Gasteiger partial charge in [-0.1, -0.05) is 48.5 Å². The zero-order valence-electron chi connectivity index (χ0n) is 11.5. The predicted octanol–water partition coefficient (Wildman–Crippen LogP) is 3.53. The number of esters is 1. The van der Waals surface area contributed by atoms with Gasteiger partial charge in [-0.2, -0.15) is 0 Å². The number of aromatic nitrogens is 2. The van der Waals surface area contributed by atoms with Gasteiger partial charge in [0.2, 0.25) is 0 Å². The summed E-state index contributed by atoms with van der Waals surface area (Å²) in [5, 5.41) is 0. The Hall–Kier alpha value is -2.88. The smallest absolute Gasteiger partial charge is 0.356 e. The fourth-order valence-corrected chi connectivity index (χ4v) is 2.16. The van der Waals surface area contributed by atoms with Crippen molar-refractivity contribution in [2.45, 2.75) is 0 Å². The summed E-state index contributed by atoms with van der Waals surface area (Å²) in [5.74, 6) is 0.223. The highest BCUT2D eigenvalue weighted by Crippen LogP contribution is 2.24. The van der Waals surface area contributed by atoms with E-state index >= 15 is 0 Å². The Morgan fingerprint density at radius 3 is 2.48 bits per heavy atom. The predicted molar refractivity (Wildman–Crippen MR) is 80.8 cm³/mol. The Labute approximate surface area is 122 Å². The number of rotatable bonds is 3. The molecule has 0 amide bonds. The van der Waals surface area contributed by atoms with Crippen LogP contribution in [0.2, 0.25) is 0 Å². The third-order valence-corrected chi connectivity index (χ3v) is 3.22. The summed E-state index contributed by atoms with van der Waals surface area (Å²) in [6.45, 7) is 0. The maximum Gasteiger partial charge on any atom is 0.356 e. The number of imidazole rings is 1. The number of aromatic amines is 1. The first-order chi connectivity index (χ1) is 10.3. The van der Waals surface area contributed by atoms with E-state index in [0.29, 0.717) is 11.5 Å². The average molecular weight is 278 g/mol. The van der Waals surface area contributed by atoms with Gasteiger partial charge in [0.15, 0.2) is 0 Å². The third-order valence-electron chi connectivity index (χ3n) is 3.22. The van der Waals surface area contributed by atoms with E-state index in [2.05, 4.69) is 26.8 Å². The minimum absolute atomic E-state index is 0.345. The zero-order chi connectivity index (χ0) is 14.7. The SMILES string of the molecule is COC(=O)c1cnc(-c2cccc(-c3ccccc3)c2)[nH]1. The van der Waals surface area contributed by atoms with Crippen LogP contribution >= 0.6 is 0 Å². The van der Waals surface area contributed by atoms with Crippen molar-refractivity contribution in [1.29, 1.82) is 0 Å². The van der Waals surface area contributed by atoms with Gasteiger partial charge in [-0.15, -0.1) is 0 Å². The molecule has 104 valence electrons. The number of hydrogen-bond donors (Lipinski definition) is 1. The minimum atomic E-state index is -0.423. The molecule has 21 heavy (non-hydrogen) atoms. The second-order valence-electron chi connectivity index (χ2n) is 4.58. The Kier molecular flexibility index (Phi) is 3.51. The number of hydrogen-bond acceptors (Lipinski definition) is 3. The molecule has 0 aliphatic carbocycles. The fourth-order valence-electron chi connectivity index (χ4n) is 2.16. The Bertz CT molecular complexity index is 763. The average Bonchev–Trinajstić information content (AvgIpc) is 3.05. The maximum atomic E-state index is 11.5. The third kappa shape index (κ3) is 2.69. The molecule has 0 aliphatic heterocycles. The molecule has 2 aromatic carbocycles. The van der Waals surface area contributed by atoms with Crippen LogP contribution in [0.3, 0.4) is 0 Å². The van der Waals surface area contributed by atoms with Crippen LogP contribution in [0, 0.1) is 0 Å². The Morgan fingerprint density at radius 1 is 1.00 bits per heavy atom. The van der Waals surface area contributed by atoms with Crippen LogP contribution in [0.1, 0.15) is 10.5 Å². The van der Waals surface area contributed by atoms with Gasteiger partial charge in [0, 0.05) is 5.56 Å². The van der Waals surface area contributed by atoms with Gasteiger partial charge in [-0.25, -0.2) is 9.78 Å². The number of benzene rings is 2. The number of H-pyrrole nitrogens is 1. The minimum Gasteiger partial charge on any atom is -0.464 e. The van der Waals surface area contributed by atoms with Gasteiger partial charge >= 0.3 is 5.97 Å². The number of carbonyl (C=O) groups excluding carboxylic acids is 1. The molecule has 0 atom stereocenters. The molecule has 0 fully saturated rings. The van der Waals surface area contributed by atoms with Gasteiger partial charge in [0.05, 0.1) is 13.3 Å². The van der Waals surface area contributed by atoms with Crippen molar-refractivity contribution in [2.75, 3.05) is 7.11 Å². The van der Waals surface area contributed by atoms with Gasteiger partial charge in [0.25, 0.3) is 0 Å². The number of nitrogens with zero attached hydrogens (tertiary/aromatic N) is 1. The van der Waals surface area contributed by atoms with Gasteiger partial charge in [-0.3, -0.25) is 0 Å². The molecule has 0 saturated heterocycles. The summed E-state index contributed by atoms with van der Waals surface area (Å²) in [7, 11) is 1.35. The normalized spacial score (nSPS) is 10.3. The number of carbonyl (C=O) groups is 1. The highest BCUT2D eigenvalue weighted by atomic mass is 16.5. The zero-order valence-corrected chi connectivity index (χ0v) is 11.5. The highest BCUT2D eigenvalue weighted by molar-refractivity contribution is 5.87. The van der Waals surface area contributed by atoms with E-state index in [4.69, 9.17) is 0 Å². The number of methoxy groups -OCH3 is 1. The lowest BCUT2D eigenvalue weighted by molar-refractivity contribution is 0.0595. The van der Waals surface area contributed by atoms with Crippen molar-refractivity contribution in [2.24, 2.45) is 0 Å². The molecule has 3 aromatic rings. The first kappa shape index (κ1) is 13.1. The molecule has 1 heterocycles. The molecule has 3 rings (SSSR count). The van der Waals surface area contributed by atoms with Crippen molar-refractivity contribution in [3.8, 4) is 22.5 Å². The largest absolute Gasteiger partial charge is 0.464 e. The first-order valence-corrected chi connectivity index (χ1v) is 6.57. The quantitative estimate of drug-likeness (QED) is 0.746. The van der Waals surface area contributed by atoms with Crippen LogP contribution < -0.4 is 0 Å². The number of nitrogens with one attached hydrogen (secondary N) is 1. The van der Waals surface area contributed by atoms with E-state index in [1.165, 1.54) is 13.3 Å². The summed E-state index contributed by atoms with van der Waals surface area (Å²) in [6, 6.07) is 18.1. The van der Waals surface area contributed by atoms with Crippen LogP contribution in [0.25, 0.3) is 22.5 Å². The molecule has 1 aromatic heterocycles. The topological polar surface area (TPSA) is 55.0 Å². The van der Waals surface area contributed by atoms with E-state index in [-0.39, 0.29) is 0 Å². The standard InChI is InChI=1S/C17H14N2O2/c1-21-17(20)15-11-18-16(19-15)14-9-5-8-13(10-14)12-6-3-2-4-7-12/h2-11H,1H3,(H,18,19). The van der Waals surface area contributed by atoms with E-state index < -0.39 is 5.97 Å². The molecular weight excluding hydrogens is 264 g/mol. The first-order valence-electron chi connectivity index (χ1n) is 6.57. The van der Waals surface area contributed by atoms with Crippen molar-refractivity contribution in [3.63, 3.8) is 0 Å². The second-order valence-corrected chi connectivity index (χ2v) is 4.58. The van der Waals surface area contributed by atoms with E-state index in [9.17, 15) is 4.79 Å². The molecule has 4 heteroatoms.